The molecular weight excluding hydrogens is 424 g/mol. The van der Waals surface area contributed by atoms with Gasteiger partial charge in [-0.25, -0.2) is 4.79 Å². The van der Waals surface area contributed by atoms with Gasteiger partial charge in [-0.1, -0.05) is 75.0 Å². The van der Waals surface area contributed by atoms with Crippen molar-refractivity contribution >= 4 is 28.6 Å². The topological polar surface area (TPSA) is 59.1 Å². The van der Waals surface area contributed by atoms with E-state index in [9.17, 15) is 9.59 Å². The number of hydrogen-bond acceptors (Lipinski definition) is 4. The van der Waals surface area contributed by atoms with Gasteiger partial charge in [0, 0.05) is 0 Å². The summed E-state index contributed by atoms with van der Waals surface area (Å²) in [5.74, 6) is 0.294. The monoisotopic (exact) mass is 470 g/mol. The molecule has 8 heteroatoms. The summed E-state index contributed by atoms with van der Waals surface area (Å²) in [6.45, 7) is 26.9. The van der Waals surface area contributed by atoms with Crippen LogP contribution in [0, 0.1) is 5.92 Å². The molecule has 2 aliphatic rings. The van der Waals surface area contributed by atoms with E-state index in [-0.39, 0.29) is 36.1 Å². The van der Waals surface area contributed by atoms with Gasteiger partial charge in [-0.3, -0.25) is 9.69 Å². The Kier molecular flexibility index (Phi) is 7.81. The number of carbonyl (C=O) groups is 2. The normalized spacial score (nSPS) is 26.4. The van der Waals surface area contributed by atoms with Crippen molar-refractivity contribution in [1.82, 2.24) is 9.47 Å². The maximum Gasteiger partial charge on any atom is 0.410 e. The lowest BCUT2D eigenvalue weighted by Gasteiger charge is -2.59. The molecule has 2 fully saturated rings. The van der Waals surface area contributed by atoms with Crippen LogP contribution in [0.5, 0.6) is 0 Å². The smallest absolute Gasteiger partial charge is 0.410 e. The molecule has 0 bridgehead atoms. The fourth-order valence-corrected chi connectivity index (χ4v) is 13.7. The molecule has 2 rings (SSSR count). The van der Waals surface area contributed by atoms with E-state index in [1.807, 2.05) is 0 Å². The van der Waals surface area contributed by atoms with Gasteiger partial charge in [0.15, 0.2) is 8.24 Å². The van der Waals surface area contributed by atoms with Crippen molar-refractivity contribution in [3.63, 3.8) is 0 Å². The third-order valence-electron chi connectivity index (χ3n) is 7.43. The Balaban J connectivity index is 2.46. The molecule has 2 amide bonds. The Morgan fingerprint density at radius 3 is 1.77 bits per heavy atom. The Labute approximate surface area is 192 Å². The molecule has 0 aromatic carbocycles. The minimum absolute atomic E-state index is 0.0648. The maximum absolute atomic E-state index is 13.5. The van der Waals surface area contributed by atoms with E-state index in [1.165, 1.54) is 0 Å². The number of carbonyl (C=O) groups excluding carboxylic acids is 2. The molecule has 0 spiro atoms. The van der Waals surface area contributed by atoms with Crippen molar-refractivity contribution in [3.8, 4) is 0 Å². The van der Waals surface area contributed by atoms with Crippen LogP contribution in [0.4, 0.5) is 4.79 Å². The van der Waals surface area contributed by atoms with Crippen LogP contribution in [-0.2, 0) is 14.0 Å². The summed E-state index contributed by atoms with van der Waals surface area (Å²) in [5, 5.41) is 0. The highest BCUT2D eigenvalue weighted by atomic mass is 28.4. The van der Waals surface area contributed by atoms with E-state index in [1.54, 1.807) is 4.90 Å². The Morgan fingerprint density at radius 2 is 1.39 bits per heavy atom. The van der Waals surface area contributed by atoms with Gasteiger partial charge in [-0.2, -0.15) is 0 Å². The van der Waals surface area contributed by atoms with Gasteiger partial charge < -0.3 is 13.7 Å². The largest absolute Gasteiger partial charge is 0.447 e. The quantitative estimate of drug-likeness (QED) is 0.332. The van der Waals surface area contributed by atoms with E-state index in [4.69, 9.17) is 9.16 Å². The minimum atomic E-state index is -2.13. The van der Waals surface area contributed by atoms with Crippen molar-refractivity contribution < 1.29 is 18.8 Å². The summed E-state index contributed by atoms with van der Waals surface area (Å²) in [6.07, 6.45) is -0.487. The highest BCUT2D eigenvalue weighted by Crippen LogP contribution is 2.45. The van der Waals surface area contributed by atoms with Crippen molar-refractivity contribution in [2.75, 3.05) is 6.61 Å². The molecule has 31 heavy (non-hydrogen) atoms. The number of amides is 2. The molecule has 2 aliphatic heterocycles. The third kappa shape index (κ3) is 4.49. The molecule has 0 saturated carbocycles. The lowest BCUT2D eigenvalue weighted by atomic mass is 9.90. The molecular formula is C23H46N2O4Si2. The van der Waals surface area contributed by atoms with Crippen LogP contribution in [0.15, 0.2) is 0 Å². The number of β-lactam (4-membered cyclic amide) rings is 1. The zero-order valence-corrected chi connectivity index (χ0v) is 23.9. The van der Waals surface area contributed by atoms with Crippen molar-refractivity contribution in [2.24, 2.45) is 5.92 Å². The van der Waals surface area contributed by atoms with Gasteiger partial charge in [-0.05, 0) is 29.5 Å². The Hall–Kier alpha value is -0.866. The van der Waals surface area contributed by atoms with Gasteiger partial charge in [0.05, 0.1) is 18.2 Å². The summed E-state index contributed by atoms with van der Waals surface area (Å²) in [5.41, 5.74) is 1.39. The molecule has 2 heterocycles. The van der Waals surface area contributed by atoms with E-state index < -0.39 is 22.6 Å². The molecule has 0 aromatic rings. The first-order valence-corrected chi connectivity index (χ1v) is 17.6. The van der Waals surface area contributed by atoms with Crippen LogP contribution in [0.25, 0.3) is 0 Å². The number of nitrogens with zero attached hydrogens (tertiary/aromatic N) is 2. The van der Waals surface area contributed by atoms with Crippen LogP contribution >= 0.6 is 0 Å². The average Bonchev–Trinajstić information content (AvgIpc) is 2.96. The van der Waals surface area contributed by atoms with Crippen LogP contribution in [0.3, 0.4) is 0 Å². The summed E-state index contributed by atoms with van der Waals surface area (Å²) in [6, 6.07) is -0.668. The molecule has 0 N–H and O–H groups in total. The Morgan fingerprint density at radius 1 is 0.903 bits per heavy atom. The van der Waals surface area contributed by atoms with E-state index >= 15 is 0 Å². The third-order valence-corrected chi connectivity index (χ3v) is 15.6. The first-order valence-electron chi connectivity index (χ1n) is 12.0. The second-order valence-corrected chi connectivity index (χ2v) is 22.0. The van der Waals surface area contributed by atoms with Crippen LogP contribution < -0.4 is 0 Å². The van der Waals surface area contributed by atoms with Gasteiger partial charge in [0.1, 0.15) is 12.6 Å². The summed E-state index contributed by atoms with van der Waals surface area (Å²) in [4.78, 5) is 27.9. The predicted octanol–water partition coefficient (Wildman–Crippen LogP) is 5.46. The lowest BCUT2D eigenvalue weighted by Crippen LogP contribution is -2.80. The van der Waals surface area contributed by atoms with E-state index in [0.717, 1.165) is 0 Å². The zero-order valence-electron chi connectivity index (χ0n) is 21.9. The second-order valence-electron chi connectivity index (χ2n) is 11.8. The van der Waals surface area contributed by atoms with Crippen LogP contribution in [0.2, 0.25) is 36.3 Å². The Bertz CT molecular complexity index is 653. The molecule has 4 atom stereocenters. The number of cyclic esters (lactones) is 1. The molecule has 0 radical (unpaired) electrons. The van der Waals surface area contributed by atoms with E-state index in [0.29, 0.717) is 23.2 Å². The first-order chi connectivity index (χ1) is 14.1. The summed E-state index contributed by atoms with van der Waals surface area (Å²) in [7, 11) is -4.07. The average molecular weight is 471 g/mol. The van der Waals surface area contributed by atoms with Crippen molar-refractivity contribution in [3.05, 3.63) is 0 Å². The van der Waals surface area contributed by atoms with Crippen molar-refractivity contribution in [2.45, 2.75) is 123 Å². The predicted molar refractivity (Wildman–Crippen MR) is 131 cm³/mol. The SMILES string of the molecule is CC(C)[C@H]1COC(=O)N1[C@@H]1C(=O)N([Si](C)(C)C)[C@H]1[C@H](C)O[Si](C(C)C)(C(C)C)C(C)C. The lowest BCUT2D eigenvalue weighted by molar-refractivity contribution is -0.155. The molecule has 0 aliphatic carbocycles. The molecule has 6 nitrogen and oxygen atoms in total. The maximum atomic E-state index is 13.5. The molecule has 0 aromatic heterocycles. The molecule has 2 saturated heterocycles. The van der Waals surface area contributed by atoms with Gasteiger partial charge in [0.2, 0.25) is 14.2 Å². The van der Waals surface area contributed by atoms with Gasteiger partial charge in [0.25, 0.3) is 0 Å². The molecule has 180 valence electrons. The number of hydrogen-bond donors (Lipinski definition) is 0. The second kappa shape index (κ2) is 9.17. The van der Waals surface area contributed by atoms with Crippen molar-refractivity contribution in [1.29, 1.82) is 0 Å². The zero-order chi connectivity index (χ0) is 24.0. The highest BCUT2D eigenvalue weighted by molar-refractivity contribution is 6.78. The molecule has 0 unspecified atom stereocenters. The summed E-state index contributed by atoms with van der Waals surface area (Å²) >= 11 is 0. The van der Waals surface area contributed by atoms with Gasteiger partial charge in [-0.15, -0.1) is 0 Å². The van der Waals surface area contributed by atoms with Crippen LogP contribution in [-0.4, -0.2) is 68.9 Å². The van der Waals surface area contributed by atoms with E-state index in [2.05, 4.69) is 86.5 Å². The highest BCUT2D eigenvalue weighted by Gasteiger charge is 2.61. The minimum Gasteiger partial charge on any atom is -0.447 e. The standard InChI is InChI=1S/C23H46N2O4Si2/c1-14(2)19-13-28-23(27)24(19)21-20(25(22(21)26)30(10,11)12)18(9)29-31(15(3)4,16(5)6)17(7)8/h14-21H,13H2,1-12H3/t18-,19+,20-,21-/m0/s1. The number of ether oxygens (including phenoxy) is 1. The fraction of sp³-hybridized carbons (Fsp3) is 0.913. The van der Waals surface area contributed by atoms with Gasteiger partial charge >= 0.3 is 6.09 Å². The van der Waals surface area contributed by atoms with Crippen LogP contribution in [0.1, 0.15) is 62.3 Å². The fourth-order valence-electron chi connectivity index (χ4n) is 6.10. The summed E-state index contributed by atoms with van der Waals surface area (Å²) < 4.78 is 14.6. The first kappa shape index (κ1) is 26.4. The number of rotatable bonds is 9.